The minimum Gasteiger partial charge on any atom is -0.395 e. The van der Waals surface area contributed by atoms with E-state index in [1.54, 1.807) is 16.7 Å². The first-order valence-corrected chi connectivity index (χ1v) is 30.5. The molecule has 0 spiro atoms. The highest BCUT2D eigenvalue weighted by molar-refractivity contribution is 7.85. The summed E-state index contributed by atoms with van der Waals surface area (Å²) in [5.41, 5.74) is 12.6. The van der Waals surface area contributed by atoms with Gasteiger partial charge in [0.15, 0.2) is 10.0 Å². The zero-order valence-corrected chi connectivity index (χ0v) is 50.0. The van der Waals surface area contributed by atoms with Crippen molar-refractivity contribution in [2.45, 2.75) is 48.0 Å². The Balaban J connectivity index is 0.000000383. The van der Waals surface area contributed by atoms with Gasteiger partial charge in [-0.1, -0.05) is 37.7 Å². The molecule has 87 heavy (non-hydrogen) atoms. The van der Waals surface area contributed by atoms with Crippen molar-refractivity contribution >= 4 is 147 Å². The fraction of sp³-hybridized carbons (Fsp3) is 0.283. The third kappa shape index (κ3) is 24.7. The van der Waals surface area contributed by atoms with Crippen LogP contribution in [0.1, 0.15) is 46.2 Å². The van der Waals surface area contributed by atoms with Crippen LogP contribution in [0.4, 0.5) is 49.1 Å². The Hall–Kier alpha value is -7.98. The van der Waals surface area contributed by atoms with E-state index in [1.165, 1.54) is 65.2 Å². The SMILES string of the molecule is C.CCc1cc(N(CC)CCO)ccc1N=Nc1snc2ccc([N+](=O)[O-])cc12.CCc1cccc(N(CC)CCO)c1.Nc1snc2ccc([N+](=O)[O-])cc12.O=S(=O)(O)O.O=S(O)(=NO)OO.O=[N+]([O-])c1ccc2nsc(N=NS(=O)(=O)OO)c2c1. The fourth-order valence-electron chi connectivity index (χ4n) is 6.79. The number of aromatic nitrogens is 3. The van der Waals surface area contributed by atoms with Gasteiger partial charge in [-0.05, 0) is 130 Å². The molecule has 1 atom stereocenters. The van der Waals surface area contributed by atoms with Gasteiger partial charge in [-0.3, -0.25) is 49.2 Å². The number of aliphatic hydroxyl groups is 2. The highest BCUT2D eigenvalue weighted by Gasteiger charge is 2.16. The monoisotopic (exact) mass is 1330 g/mol. The highest BCUT2D eigenvalue weighted by Crippen LogP contribution is 2.36. The Morgan fingerprint density at radius 2 is 1.05 bits per heavy atom. The van der Waals surface area contributed by atoms with E-state index < -0.39 is 45.8 Å². The van der Waals surface area contributed by atoms with Crippen LogP contribution in [0, 0.1) is 30.3 Å². The molecule has 0 saturated carbocycles. The van der Waals surface area contributed by atoms with Crippen LogP contribution in [0.25, 0.3) is 32.7 Å². The number of fused-ring (bicyclic) bond motifs is 3. The summed E-state index contributed by atoms with van der Waals surface area (Å²) in [6.07, 6.45) is 1.85. The number of azo groups is 1. The Kier molecular flexibility index (Phi) is 31.3. The van der Waals surface area contributed by atoms with E-state index in [2.05, 4.69) is 95.6 Å². The molecule has 3 aromatic heterocycles. The Labute approximate surface area is 507 Å². The molecule has 5 aromatic carbocycles. The summed E-state index contributed by atoms with van der Waals surface area (Å²) in [7, 11) is -13.4. The summed E-state index contributed by atoms with van der Waals surface area (Å²) in [6, 6.07) is 27.3. The zero-order chi connectivity index (χ0) is 64.4. The molecule has 0 bridgehead atoms. The van der Waals surface area contributed by atoms with Crippen LogP contribution in [-0.2, 0) is 52.5 Å². The molecule has 35 nitrogen and oxygen atoms in total. The van der Waals surface area contributed by atoms with Crippen LogP contribution < -0.4 is 15.5 Å². The molecule has 1 unspecified atom stereocenters. The number of aliphatic hydroxyl groups excluding tert-OH is 2. The molecular formula is C46H58N14O21S6. The van der Waals surface area contributed by atoms with Crippen molar-refractivity contribution in [3.05, 3.63) is 139 Å². The second-order valence-electron chi connectivity index (χ2n) is 16.1. The average Bonchev–Trinajstić information content (AvgIpc) is 4.40. The predicted molar refractivity (Wildman–Crippen MR) is 326 cm³/mol. The molecule has 0 amide bonds. The van der Waals surface area contributed by atoms with E-state index in [9.17, 15) is 48.1 Å². The van der Waals surface area contributed by atoms with Crippen LogP contribution in [0.15, 0.2) is 121 Å². The van der Waals surface area contributed by atoms with Gasteiger partial charge in [0, 0.05) is 90.1 Å². The average molecular weight is 1340 g/mol. The van der Waals surface area contributed by atoms with Crippen LogP contribution in [0.2, 0.25) is 0 Å². The van der Waals surface area contributed by atoms with E-state index in [4.69, 9.17) is 48.6 Å². The standard InChI is InChI=1S/C19H21N5O3S.C12H19NO.C7H4N4O6S2.C7H5N3O2S.CH4.H3NO5S.H2O4S/c1-3-13-11-14(23(4-2)9-10-25)5-7-17(13)20-21-19-16-12-15(24(26)27)6-8-18(16)22-28-19;1-3-11-6-5-7-12(10-11)13(4-2)8-9-14;12-11(13)4-1-2-6-5(3-4)7(18-9-6)8-10-19(15,16)17-14;8-7-5-3-4(10(11)12)1-2-6(5)9-13-7;;2-1-7(4,5)6-3;1-5(2,3)4/h5-8,11-12,25H,3-4,9-10H2,1-2H3;5-7,10,14H,3-4,8-9H2,1-2H3;1-3,14H;1-3H,8H2;1H4;2-3H,(H,1,4,5);(H2,1,2,3,4). The topological polar surface area (TPSA) is 528 Å². The van der Waals surface area contributed by atoms with Gasteiger partial charge >= 0.3 is 31.0 Å². The van der Waals surface area contributed by atoms with Crippen molar-refractivity contribution in [2.75, 3.05) is 54.9 Å². The predicted octanol–water partition coefficient (Wildman–Crippen LogP) is 10.6. The first kappa shape index (κ1) is 75.1. The van der Waals surface area contributed by atoms with E-state index >= 15 is 0 Å². The molecule has 41 heteroatoms. The van der Waals surface area contributed by atoms with Crippen molar-refractivity contribution in [1.29, 1.82) is 0 Å². The first-order chi connectivity index (χ1) is 40.6. The van der Waals surface area contributed by atoms with Crippen molar-refractivity contribution in [1.82, 2.24) is 13.1 Å². The molecule has 0 radical (unpaired) electrons. The number of aryl methyl sites for hydroxylation is 2. The van der Waals surface area contributed by atoms with Crippen molar-refractivity contribution < 1.29 is 84.1 Å². The lowest BCUT2D eigenvalue weighted by Crippen LogP contribution is -2.26. The second kappa shape index (κ2) is 36.2. The molecule has 10 N–H and O–H groups in total. The van der Waals surface area contributed by atoms with E-state index in [0.29, 0.717) is 50.4 Å². The number of non-ortho nitro benzene ring substituents is 3. The lowest BCUT2D eigenvalue weighted by Gasteiger charge is -2.22. The number of nitrogens with zero attached hydrogens (tertiary/aromatic N) is 13. The van der Waals surface area contributed by atoms with Gasteiger partial charge in [-0.15, -0.1) is 19.7 Å². The molecule has 0 aliphatic carbocycles. The minimum absolute atomic E-state index is 0. The third-order valence-corrected chi connectivity index (χ3v) is 13.9. The molecule has 0 aliphatic heterocycles. The van der Waals surface area contributed by atoms with Crippen molar-refractivity contribution in [3.8, 4) is 0 Å². The molecule has 3 heterocycles. The lowest BCUT2D eigenvalue weighted by molar-refractivity contribution is -0.384. The number of hydrogen-bond donors (Lipinski definition) is 9. The van der Waals surface area contributed by atoms with E-state index in [1.807, 2.05) is 26.0 Å². The largest absolute Gasteiger partial charge is 0.425 e. The maximum atomic E-state index is 11.0. The van der Waals surface area contributed by atoms with Gasteiger partial charge in [0.05, 0.1) is 50.2 Å². The summed E-state index contributed by atoms with van der Waals surface area (Å²) in [6.45, 7) is 11.7. The number of benzene rings is 5. The molecular weight excluding hydrogens is 1280 g/mol. The maximum Gasteiger partial charge on any atom is 0.425 e. The van der Waals surface area contributed by atoms with Crippen LogP contribution in [0.3, 0.4) is 0 Å². The quantitative estimate of drug-likeness (QED) is 0.0119. The number of nitrogens with two attached hydrogens (primary N) is 1. The fourth-order valence-corrected chi connectivity index (χ4v) is 9.06. The molecule has 8 aromatic rings. The first-order valence-electron chi connectivity index (χ1n) is 24.0. The van der Waals surface area contributed by atoms with E-state index in [0.717, 1.165) is 65.9 Å². The Morgan fingerprint density at radius 3 is 1.45 bits per heavy atom. The van der Waals surface area contributed by atoms with Gasteiger partial charge in [0.2, 0.25) is 0 Å². The number of hydrogen-bond acceptors (Lipinski definition) is 30. The lowest BCUT2D eigenvalue weighted by atomic mass is 10.1. The summed E-state index contributed by atoms with van der Waals surface area (Å²) in [5.74, 6) is 0. The Morgan fingerprint density at radius 1 is 0.598 bits per heavy atom. The smallest absolute Gasteiger partial charge is 0.395 e. The van der Waals surface area contributed by atoms with Gasteiger partial charge in [0.25, 0.3) is 17.1 Å². The van der Waals surface area contributed by atoms with Crippen LogP contribution >= 0.6 is 34.6 Å². The molecule has 0 saturated heterocycles. The zero-order valence-electron chi connectivity index (χ0n) is 45.1. The van der Waals surface area contributed by atoms with Crippen LogP contribution in [-0.4, -0.2) is 128 Å². The number of nitro groups is 3. The molecule has 474 valence electrons. The van der Waals surface area contributed by atoms with Gasteiger partial charge in [-0.25, -0.2) is 10.5 Å². The summed E-state index contributed by atoms with van der Waals surface area (Å²) in [4.78, 5) is 34.9. The normalized spacial score (nSPS) is 11.7. The summed E-state index contributed by atoms with van der Waals surface area (Å²) in [5, 5.41) is 87.6. The van der Waals surface area contributed by atoms with Gasteiger partial charge < -0.3 is 25.7 Å². The summed E-state index contributed by atoms with van der Waals surface area (Å²) >= 11 is 3.11. The van der Waals surface area contributed by atoms with Gasteiger partial charge in [-0.2, -0.15) is 34.2 Å². The van der Waals surface area contributed by atoms with Crippen molar-refractivity contribution in [3.63, 3.8) is 0 Å². The minimum atomic E-state index is -4.67. The number of nitro benzene ring substituents is 3. The molecule has 8 rings (SSSR count). The number of nitrogen functional groups attached to an aromatic ring is 1. The number of likely N-dealkylation sites (N-methyl/N-ethyl adjacent to an activating group) is 2. The van der Waals surface area contributed by atoms with Gasteiger partial charge in [0.1, 0.15) is 5.00 Å². The van der Waals surface area contributed by atoms with E-state index in [-0.39, 0.29) is 48.1 Å². The van der Waals surface area contributed by atoms with Crippen LogP contribution in [0.5, 0.6) is 0 Å². The number of rotatable bonds is 19. The summed E-state index contributed by atoms with van der Waals surface area (Å²) < 4.78 is 93.0. The molecule has 0 fully saturated rings. The Bertz CT molecular complexity index is 3980. The second-order valence-corrected chi connectivity index (χ2v) is 21.7. The van der Waals surface area contributed by atoms with Crippen molar-refractivity contribution in [2.24, 2.45) is 24.4 Å². The maximum absolute atomic E-state index is 11.0. The number of anilines is 3. The highest BCUT2D eigenvalue weighted by atomic mass is 32.3. The molecule has 0 aliphatic rings. The third-order valence-electron chi connectivity index (χ3n) is 10.8.